The Morgan fingerprint density at radius 1 is 1.11 bits per heavy atom. The number of carbonyl (C=O) groups is 1. The van der Waals surface area contributed by atoms with Crippen LogP contribution in [0.5, 0.6) is 0 Å². The van der Waals surface area contributed by atoms with Gasteiger partial charge < -0.3 is 4.90 Å². The first-order valence-corrected chi connectivity index (χ1v) is 7.65. The highest BCUT2D eigenvalue weighted by Gasteiger charge is 2.29. The molecule has 0 radical (unpaired) electrons. The molecule has 2 heteroatoms. The summed E-state index contributed by atoms with van der Waals surface area (Å²) >= 11 is 0. The summed E-state index contributed by atoms with van der Waals surface area (Å²) in [6.45, 7) is 1.89. The highest BCUT2D eigenvalue weighted by atomic mass is 16.2. The van der Waals surface area contributed by atoms with Crippen molar-refractivity contribution in [3.63, 3.8) is 0 Å². The number of rotatable bonds is 3. The Kier molecular flexibility index (Phi) is 3.86. The van der Waals surface area contributed by atoms with Crippen LogP contribution >= 0.6 is 0 Å². The van der Waals surface area contributed by atoms with Gasteiger partial charge in [0.1, 0.15) is 0 Å². The lowest BCUT2D eigenvalue weighted by Gasteiger charge is -2.25. The second kappa shape index (κ2) is 5.77. The molecule has 0 N–H and O–H groups in total. The van der Waals surface area contributed by atoms with E-state index in [1.165, 1.54) is 37.7 Å². The molecule has 1 aliphatic heterocycles. The molecule has 1 amide bonds. The van der Waals surface area contributed by atoms with E-state index in [1.807, 2.05) is 0 Å². The fraction of sp³-hybridized carbons (Fsp3) is 0.588. The molecule has 19 heavy (non-hydrogen) atoms. The summed E-state index contributed by atoms with van der Waals surface area (Å²) in [5.74, 6) is 1.63. The lowest BCUT2D eigenvalue weighted by molar-refractivity contribution is -0.131. The van der Waals surface area contributed by atoms with Crippen LogP contribution in [0.3, 0.4) is 0 Å². The summed E-state index contributed by atoms with van der Waals surface area (Å²) in [6, 6.07) is 10.7. The van der Waals surface area contributed by atoms with Crippen molar-refractivity contribution in [2.45, 2.75) is 44.4 Å². The number of carbonyl (C=O) groups excluding carboxylic acids is 1. The summed E-state index contributed by atoms with van der Waals surface area (Å²) in [5, 5.41) is 0. The van der Waals surface area contributed by atoms with Crippen molar-refractivity contribution in [2.24, 2.45) is 5.92 Å². The van der Waals surface area contributed by atoms with E-state index in [4.69, 9.17) is 0 Å². The monoisotopic (exact) mass is 257 g/mol. The molecule has 2 aliphatic rings. The first kappa shape index (κ1) is 12.7. The van der Waals surface area contributed by atoms with Gasteiger partial charge in [-0.25, -0.2) is 0 Å². The standard InChI is InChI=1S/C17H23NO/c19-17(12-14-9-10-14)18-11-5-4-8-16(13-18)15-6-2-1-3-7-15/h1-3,6-7,14,16H,4-5,8-13H2. The van der Waals surface area contributed by atoms with Crippen LogP contribution in [0.15, 0.2) is 30.3 Å². The molecule has 1 unspecified atom stereocenters. The molecule has 3 rings (SSSR count). The van der Waals surface area contributed by atoms with Crippen LogP contribution in [-0.4, -0.2) is 23.9 Å². The number of hydrogen-bond acceptors (Lipinski definition) is 1. The number of nitrogens with zero attached hydrogens (tertiary/aromatic N) is 1. The first-order chi connectivity index (χ1) is 9.33. The second-order valence-electron chi connectivity index (χ2n) is 6.09. The summed E-state index contributed by atoms with van der Waals surface area (Å²) in [4.78, 5) is 14.4. The zero-order chi connectivity index (χ0) is 13.1. The Morgan fingerprint density at radius 2 is 1.89 bits per heavy atom. The summed E-state index contributed by atoms with van der Waals surface area (Å²) in [7, 11) is 0. The van der Waals surface area contributed by atoms with Gasteiger partial charge in [-0.1, -0.05) is 36.8 Å². The number of likely N-dealkylation sites (tertiary alicyclic amines) is 1. The quantitative estimate of drug-likeness (QED) is 0.810. The zero-order valence-electron chi connectivity index (χ0n) is 11.6. The van der Waals surface area contributed by atoms with Gasteiger partial charge >= 0.3 is 0 Å². The van der Waals surface area contributed by atoms with E-state index in [0.29, 0.717) is 17.7 Å². The number of hydrogen-bond donors (Lipinski definition) is 0. The summed E-state index contributed by atoms with van der Waals surface area (Å²) < 4.78 is 0. The normalized spacial score (nSPS) is 24.0. The van der Waals surface area contributed by atoms with Crippen molar-refractivity contribution < 1.29 is 4.79 Å². The molecule has 2 fully saturated rings. The van der Waals surface area contributed by atoms with Crippen molar-refractivity contribution in [3.8, 4) is 0 Å². The molecule has 1 saturated carbocycles. The summed E-state index contributed by atoms with van der Waals surface area (Å²) in [5.41, 5.74) is 1.40. The lowest BCUT2D eigenvalue weighted by atomic mass is 9.94. The molecule has 1 saturated heterocycles. The van der Waals surface area contributed by atoms with Crippen LogP contribution in [0.1, 0.15) is 50.0 Å². The third kappa shape index (κ3) is 3.37. The van der Waals surface area contributed by atoms with Crippen LogP contribution < -0.4 is 0 Å². The van der Waals surface area contributed by atoms with Gasteiger partial charge in [0.15, 0.2) is 0 Å². The van der Waals surface area contributed by atoms with Crippen molar-refractivity contribution >= 4 is 5.91 Å². The van der Waals surface area contributed by atoms with Gasteiger partial charge in [-0.3, -0.25) is 4.79 Å². The second-order valence-corrected chi connectivity index (χ2v) is 6.09. The van der Waals surface area contributed by atoms with E-state index in [1.54, 1.807) is 0 Å². The molecule has 1 aromatic rings. The van der Waals surface area contributed by atoms with E-state index in [9.17, 15) is 4.79 Å². The minimum atomic E-state index is 0.394. The fourth-order valence-corrected chi connectivity index (χ4v) is 3.06. The molecule has 1 heterocycles. The maximum absolute atomic E-state index is 12.3. The number of benzene rings is 1. The Morgan fingerprint density at radius 3 is 2.63 bits per heavy atom. The van der Waals surface area contributed by atoms with E-state index in [0.717, 1.165) is 19.5 Å². The van der Waals surface area contributed by atoms with Crippen LogP contribution in [0, 0.1) is 5.92 Å². The van der Waals surface area contributed by atoms with Crippen LogP contribution in [0.4, 0.5) is 0 Å². The largest absolute Gasteiger partial charge is 0.342 e. The van der Waals surface area contributed by atoms with E-state index in [-0.39, 0.29) is 0 Å². The highest BCUT2D eigenvalue weighted by Crippen LogP contribution is 2.34. The maximum Gasteiger partial charge on any atom is 0.222 e. The molecule has 1 atom stereocenters. The fourth-order valence-electron chi connectivity index (χ4n) is 3.06. The molecular weight excluding hydrogens is 234 g/mol. The van der Waals surface area contributed by atoms with Gasteiger partial charge in [-0.05, 0) is 37.2 Å². The zero-order valence-corrected chi connectivity index (χ0v) is 11.6. The first-order valence-electron chi connectivity index (χ1n) is 7.65. The van der Waals surface area contributed by atoms with Gasteiger partial charge in [0, 0.05) is 25.4 Å². The average molecular weight is 257 g/mol. The van der Waals surface area contributed by atoms with Gasteiger partial charge in [0.05, 0.1) is 0 Å². The predicted octanol–water partition coefficient (Wildman–Crippen LogP) is 3.58. The minimum Gasteiger partial charge on any atom is -0.342 e. The van der Waals surface area contributed by atoms with Crippen molar-refractivity contribution in [1.29, 1.82) is 0 Å². The smallest absolute Gasteiger partial charge is 0.222 e. The predicted molar refractivity (Wildman–Crippen MR) is 77.0 cm³/mol. The highest BCUT2D eigenvalue weighted by molar-refractivity contribution is 5.76. The molecule has 2 nitrogen and oxygen atoms in total. The van der Waals surface area contributed by atoms with Crippen LogP contribution in [-0.2, 0) is 4.79 Å². The van der Waals surface area contributed by atoms with Gasteiger partial charge in [-0.15, -0.1) is 0 Å². The Bertz CT molecular complexity index is 424. The molecule has 0 spiro atoms. The van der Waals surface area contributed by atoms with E-state index >= 15 is 0 Å². The molecule has 0 bridgehead atoms. The Labute approximate surface area is 115 Å². The number of amides is 1. The Hall–Kier alpha value is -1.31. The third-order valence-electron chi connectivity index (χ3n) is 4.46. The van der Waals surface area contributed by atoms with Crippen molar-refractivity contribution in [1.82, 2.24) is 4.90 Å². The van der Waals surface area contributed by atoms with Gasteiger partial charge in [0.2, 0.25) is 5.91 Å². The molecule has 1 aliphatic carbocycles. The van der Waals surface area contributed by atoms with E-state index < -0.39 is 0 Å². The van der Waals surface area contributed by atoms with Gasteiger partial charge in [-0.2, -0.15) is 0 Å². The maximum atomic E-state index is 12.3. The summed E-state index contributed by atoms with van der Waals surface area (Å²) in [6.07, 6.45) is 6.95. The molecular formula is C17H23NO. The minimum absolute atomic E-state index is 0.394. The SMILES string of the molecule is O=C(CC1CC1)N1CCCCC(c2ccccc2)C1. The van der Waals surface area contributed by atoms with Crippen LogP contribution in [0.2, 0.25) is 0 Å². The van der Waals surface area contributed by atoms with E-state index in [2.05, 4.69) is 35.2 Å². The third-order valence-corrected chi connectivity index (χ3v) is 4.46. The van der Waals surface area contributed by atoms with Gasteiger partial charge in [0.25, 0.3) is 0 Å². The van der Waals surface area contributed by atoms with Crippen molar-refractivity contribution in [2.75, 3.05) is 13.1 Å². The van der Waals surface area contributed by atoms with Crippen LogP contribution in [0.25, 0.3) is 0 Å². The molecule has 102 valence electrons. The lowest BCUT2D eigenvalue weighted by Crippen LogP contribution is -2.34. The Balaban J connectivity index is 1.66. The topological polar surface area (TPSA) is 20.3 Å². The average Bonchev–Trinajstić information content (AvgIpc) is 3.25. The molecule has 1 aromatic carbocycles. The molecule has 0 aromatic heterocycles. The van der Waals surface area contributed by atoms with Crippen molar-refractivity contribution in [3.05, 3.63) is 35.9 Å².